The first-order valence-electron chi connectivity index (χ1n) is 5.64. The lowest BCUT2D eigenvalue weighted by Crippen LogP contribution is -2.13. The number of benzene rings is 1. The Labute approximate surface area is 106 Å². The second kappa shape index (κ2) is 6.07. The number of nitrogens with one attached hydrogen (secondary N) is 1. The molecule has 0 fully saturated rings. The molecule has 0 aliphatic rings. The van der Waals surface area contributed by atoms with Gasteiger partial charge in [0.2, 0.25) is 0 Å². The van der Waals surface area contributed by atoms with Crippen molar-refractivity contribution in [2.75, 3.05) is 14.2 Å². The highest BCUT2D eigenvalue weighted by atomic mass is 16.5. The van der Waals surface area contributed by atoms with Crippen LogP contribution in [0.25, 0.3) is 0 Å². The van der Waals surface area contributed by atoms with E-state index in [1.165, 1.54) is 0 Å². The van der Waals surface area contributed by atoms with Gasteiger partial charge in [-0.1, -0.05) is 5.16 Å². The van der Waals surface area contributed by atoms with E-state index in [9.17, 15) is 0 Å². The van der Waals surface area contributed by atoms with Crippen LogP contribution in [0.2, 0.25) is 0 Å². The Morgan fingerprint density at radius 1 is 1.17 bits per heavy atom. The van der Waals surface area contributed by atoms with Crippen LogP contribution in [0.15, 0.2) is 35.1 Å². The van der Waals surface area contributed by atoms with E-state index >= 15 is 0 Å². The van der Waals surface area contributed by atoms with Crippen LogP contribution in [0, 0.1) is 0 Å². The second-order valence-electron chi connectivity index (χ2n) is 3.77. The summed E-state index contributed by atoms with van der Waals surface area (Å²) in [4.78, 5) is 0. The van der Waals surface area contributed by atoms with Crippen LogP contribution >= 0.6 is 0 Å². The van der Waals surface area contributed by atoms with Gasteiger partial charge >= 0.3 is 0 Å². The fraction of sp³-hybridized carbons (Fsp3) is 0.308. The highest BCUT2D eigenvalue weighted by molar-refractivity contribution is 5.40. The van der Waals surface area contributed by atoms with Crippen LogP contribution in [-0.2, 0) is 13.1 Å². The molecule has 0 aliphatic carbocycles. The van der Waals surface area contributed by atoms with Crippen molar-refractivity contribution in [1.29, 1.82) is 0 Å². The quantitative estimate of drug-likeness (QED) is 0.847. The standard InChI is InChI=1S/C13H16N2O3/c1-16-12-3-4-13(17-2)10(7-12)8-14-9-11-5-6-18-15-11/h3-7,14H,8-9H2,1-2H3. The number of rotatable bonds is 6. The maximum Gasteiger partial charge on any atom is 0.124 e. The molecule has 1 N–H and O–H groups in total. The van der Waals surface area contributed by atoms with E-state index < -0.39 is 0 Å². The van der Waals surface area contributed by atoms with Crippen molar-refractivity contribution < 1.29 is 14.0 Å². The SMILES string of the molecule is COc1ccc(OC)c(CNCc2ccon2)c1. The summed E-state index contributed by atoms with van der Waals surface area (Å²) in [5.74, 6) is 1.65. The highest BCUT2D eigenvalue weighted by Gasteiger charge is 2.05. The van der Waals surface area contributed by atoms with Crippen molar-refractivity contribution in [3.05, 3.63) is 41.8 Å². The molecule has 5 nitrogen and oxygen atoms in total. The van der Waals surface area contributed by atoms with Crippen molar-refractivity contribution in [2.24, 2.45) is 0 Å². The average Bonchev–Trinajstić information content (AvgIpc) is 2.92. The van der Waals surface area contributed by atoms with Crippen LogP contribution in [0.5, 0.6) is 11.5 Å². The lowest BCUT2D eigenvalue weighted by Gasteiger charge is -2.10. The molecule has 1 heterocycles. The Bertz CT molecular complexity index is 483. The molecule has 0 aliphatic heterocycles. The van der Waals surface area contributed by atoms with Gasteiger partial charge in [0.1, 0.15) is 17.8 Å². The third-order valence-corrected chi connectivity index (χ3v) is 2.60. The molecule has 0 spiro atoms. The smallest absolute Gasteiger partial charge is 0.124 e. The van der Waals surface area contributed by atoms with Gasteiger partial charge < -0.3 is 19.3 Å². The fourth-order valence-corrected chi connectivity index (χ4v) is 1.67. The molecule has 0 bridgehead atoms. The predicted molar refractivity (Wildman–Crippen MR) is 66.6 cm³/mol. The second-order valence-corrected chi connectivity index (χ2v) is 3.77. The molecule has 0 saturated heterocycles. The number of ether oxygens (including phenoxy) is 2. The minimum absolute atomic E-state index is 0.650. The van der Waals surface area contributed by atoms with Crippen molar-refractivity contribution >= 4 is 0 Å². The van der Waals surface area contributed by atoms with Crippen molar-refractivity contribution in [1.82, 2.24) is 10.5 Å². The van der Waals surface area contributed by atoms with E-state index in [2.05, 4.69) is 10.5 Å². The number of methoxy groups -OCH3 is 2. The van der Waals surface area contributed by atoms with Crippen molar-refractivity contribution in [2.45, 2.75) is 13.1 Å². The molecule has 0 atom stereocenters. The van der Waals surface area contributed by atoms with Gasteiger partial charge in [0.15, 0.2) is 0 Å². The van der Waals surface area contributed by atoms with Crippen LogP contribution in [-0.4, -0.2) is 19.4 Å². The predicted octanol–water partition coefficient (Wildman–Crippen LogP) is 1.98. The summed E-state index contributed by atoms with van der Waals surface area (Å²) in [5, 5.41) is 7.10. The summed E-state index contributed by atoms with van der Waals surface area (Å²) in [5.41, 5.74) is 1.91. The van der Waals surface area contributed by atoms with E-state index in [1.807, 2.05) is 24.3 Å². The first-order chi connectivity index (χ1) is 8.83. The van der Waals surface area contributed by atoms with Crippen LogP contribution in [0.3, 0.4) is 0 Å². The minimum atomic E-state index is 0.650. The number of hydrogen-bond donors (Lipinski definition) is 1. The van der Waals surface area contributed by atoms with Gasteiger partial charge in [0.05, 0.1) is 19.9 Å². The van der Waals surface area contributed by atoms with E-state index in [-0.39, 0.29) is 0 Å². The molecular weight excluding hydrogens is 232 g/mol. The highest BCUT2D eigenvalue weighted by Crippen LogP contribution is 2.23. The summed E-state index contributed by atoms with van der Waals surface area (Å²) in [6.07, 6.45) is 1.56. The van der Waals surface area contributed by atoms with E-state index in [0.717, 1.165) is 22.8 Å². The molecule has 0 saturated carbocycles. The van der Waals surface area contributed by atoms with Gasteiger partial charge in [-0.05, 0) is 18.2 Å². The molecule has 18 heavy (non-hydrogen) atoms. The summed E-state index contributed by atoms with van der Waals surface area (Å²) < 4.78 is 15.3. The Morgan fingerprint density at radius 2 is 2.06 bits per heavy atom. The molecule has 0 amide bonds. The van der Waals surface area contributed by atoms with E-state index in [4.69, 9.17) is 14.0 Å². The third kappa shape index (κ3) is 3.01. The molecule has 96 valence electrons. The molecule has 0 unspecified atom stereocenters. The van der Waals surface area contributed by atoms with Gasteiger partial charge in [0, 0.05) is 24.7 Å². The van der Waals surface area contributed by atoms with Crippen LogP contribution in [0.1, 0.15) is 11.3 Å². The van der Waals surface area contributed by atoms with E-state index in [0.29, 0.717) is 13.1 Å². The van der Waals surface area contributed by atoms with E-state index in [1.54, 1.807) is 20.5 Å². The topological polar surface area (TPSA) is 56.5 Å². The van der Waals surface area contributed by atoms with Gasteiger partial charge in [-0.25, -0.2) is 0 Å². The Balaban J connectivity index is 1.98. The normalized spacial score (nSPS) is 10.3. The average molecular weight is 248 g/mol. The Kier molecular flexibility index (Phi) is 4.20. The monoisotopic (exact) mass is 248 g/mol. The molecule has 0 radical (unpaired) electrons. The first kappa shape index (κ1) is 12.4. The van der Waals surface area contributed by atoms with Crippen molar-refractivity contribution in [3.63, 3.8) is 0 Å². The third-order valence-electron chi connectivity index (χ3n) is 2.60. The molecular formula is C13H16N2O3. The zero-order chi connectivity index (χ0) is 12.8. The molecule has 1 aromatic heterocycles. The van der Waals surface area contributed by atoms with Crippen LogP contribution < -0.4 is 14.8 Å². The molecule has 2 aromatic rings. The Hall–Kier alpha value is -2.01. The molecule has 5 heteroatoms. The number of hydrogen-bond acceptors (Lipinski definition) is 5. The summed E-state index contributed by atoms with van der Waals surface area (Å²) in [6.45, 7) is 1.32. The number of nitrogens with zero attached hydrogens (tertiary/aromatic N) is 1. The molecule has 2 rings (SSSR count). The lowest BCUT2D eigenvalue weighted by molar-refractivity contribution is 0.395. The fourth-order valence-electron chi connectivity index (χ4n) is 1.67. The summed E-state index contributed by atoms with van der Waals surface area (Å²) in [6, 6.07) is 7.55. The van der Waals surface area contributed by atoms with Gasteiger partial charge in [0.25, 0.3) is 0 Å². The Morgan fingerprint density at radius 3 is 2.72 bits per heavy atom. The van der Waals surface area contributed by atoms with Crippen LogP contribution in [0.4, 0.5) is 0 Å². The zero-order valence-electron chi connectivity index (χ0n) is 10.5. The van der Waals surface area contributed by atoms with Crippen molar-refractivity contribution in [3.8, 4) is 11.5 Å². The van der Waals surface area contributed by atoms with Gasteiger partial charge in [-0.3, -0.25) is 0 Å². The maximum atomic E-state index is 5.30. The number of aromatic nitrogens is 1. The lowest BCUT2D eigenvalue weighted by atomic mass is 10.2. The largest absolute Gasteiger partial charge is 0.497 e. The van der Waals surface area contributed by atoms with Gasteiger partial charge in [-0.15, -0.1) is 0 Å². The van der Waals surface area contributed by atoms with Gasteiger partial charge in [-0.2, -0.15) is 0 Å². The molecule has 1 aromatic carbocycles. The summed E-state index contributed by atoms with van der Waals surface area (Å²) in [7, 11) is 3.30. The summed E-state index contributed by atoms with van der Waals surface area (Å²) >= 11 is 0. The minimum Gasteiger partial charge on any atom is -0.497 e. The maximum absolute atomic E-state index is 5.30. The zero-order valence-corrected chi connectivity index (χ0v) is 10.5. The first-order valence-corrected chi connectivity index (χ1v) is 5.64.